The molecule has 1 unspecified atom stereocenters. The highest BCUT2D eigenvalue weighted by molar-refractivity contribution is 6.30. The lowest BCUT2D eigenvalue weighted by atomic mass is 9.73. The fourth-order valence-electron chi connectivity index (χ4n) is 6.76. The van der Waals surface area contributed by atoms with E-state index in [-0.39, 0.29) is 17.9 Å². The van der Waals surface area contributed by atoms with Gasteiger partial charge in [0.2, 0.25) is 0 Å². The Kier molecular flexibility index (Phi) is 7.78. The fourth-order valence-corrected chi connectivity index (χ4v) is 6.88. The molecule has 0 bridgehead atoms. The number of pyridine rings is 2. The van der Waals surface area contributed by atoms with Crippen LogP contribution in [-0.4, -0.2) is 68.3 Å². The number of aliphatic hydroxyl groups excluding tert-OH is 1. The molecule has 2 aliphatic heterocycles. The topological polar surface area (TPSA) is 86.9 Å². The van der Waals surface area contributed by atoms with Gasteiger partial charge in [-0.3, -0.25) is 9.78 Å². The van der Waals surface area contributed by atoms with E-state index in [0.717, 1.165) is 73.7 Å². The van der Waals surface area contributed by atoms with E-state index in [1.807, 2.05) is 94.7 Å². The van der Waals surface area contributed by atoms with Crippen LogP contribution in [0.1, 0.15) is 58.1 Å². The number of carbonyl (C=O) groups is 1. The van der Waals surface area contributed by atoms with E-state index in [0.29, 0.717) is 22.9 Å². The minimum Gasteiger partial charge on any atom is -0.395 e. The van der Waals surface area contributed by atoms with E-state index in [4.69, 9.17) is 21.7 Å². The maximum Gasteiger partial charge on any atom is 0.253 e. The van der Waals surface area contributed by atoms with E-state index in [1.54, 1.807) is 0 Å². The minimum absolute atomic E-state index is 0.0754. The van der Waals surface area contributed by atoms with Crippen molar-refractivity contribution in [1.82, 2.24) is 24.5 Å². The number of rotatable bonds is 7. The molecule has 0 aliphatic carbocycles. The Balaban J connectivity index is 1.02. The Labute approximate surface area is 261 Å². The largest absolute Gasteiger partial charge is 0.395 e. The molecule has 9 heteroatoms. The molecule has 0 spiro atoms. The van der Waals surface area contributed by atoms with Gasteiger partial charge in [0.15, 0.2) is 11.5 Å². The Morgan fingerprint density at radius 2 is 1.70 bits per heavy atom. The van der Waals surface area contributed by atoms with Crippen molar-refractivity contribution in [3.8, 4) is 0 Å². The zero-order valence-electron chi connectivity index (χ0n) is 24.5. The molecular weight excluding hydrogens is 572 g/mol. The second-order valence-electron chi connectivity index (χ2n) is 12.0. The van der Waals surface area contributed by atoms with Gasteiger partial charge in [-0.25, -0.2) is 9.50 Å². The molecule has 2 saturated heterocycles. The van der Waals surface area contributed by atoms with Crippen molar-refractivity contribution < 1.29 is 9.90 Å². The van der Waals surface area contributed by atoms with Gasteiger partial charge in [0.05, 0.1) is 12.3 Å². The lowest BCUT2D eigenvalue weighted by molar-refractivity contribution is 0.0791. The first-order valence-electron chi connectivity index (χ1n) is 15.3. The van der Waals surface area contributed by atoms with Crippen molar-refractivity contribution in [1.29, 1.82) is 0 Å². The van der Waals surface area contributed by atoms with Crippen molar-refractivity contribution in [3.63, 3.8) is 0 Å². The van der Waals surface area contributed by atoms with Gasteiger partial charge < -0.3 is 14.9 Å². The highest BCUT2D eigenvalue weighted by Gasteiger charge is 2.36. The number of piperidine rings is 1. The predicted octanol–water partition coefficient (Wildman–Crippen LogP) is 5.53. The molecule has 7 rings (SSSR count). The van der Waals surface area contributed by atoms with Crippen molar-refractivity contribution in [3.05, 3.63) is 124 Å². The van der Waals surface area contributed by atoms with Gasteiger partial charge in [0.25, 0.3) is 5.91 Å². The third-order valence-corrected chi connectivity index (χ3v) is 9.67. The first kappa shape index (κ1) is 28.5. The summed E-state index contributed by atoms with van der Waals surface area (Å²) in [4.78, 5) is 26.5. The van der Waals surface area contributed by atoms with Crippen molar-refractivity contribution in [2.75, 3.05) is 37.7 Å². The first-order valence-corrected chi connectivity index (χ1v) is 15.6. The van der Waals surface area contributed by atoms with Crippen molar-refractivity contribution in [2.45, 2.75) is 37.0 Å². The molecule has 0 radical (unpaired) electrons. The standard InChI is InChI=1S/C35H35ClN6O2/c36-30-9-7-29(8-10-30)35(24-43)14-20-40(21-15-35)31-2-1-18-42-33(31)38-32(39-42)22-25-3-5-27(6-4-25)34(44)41-19-13-28(23-41)26-11-16-37-17-12-26/h1-12,16-18,28,43H,13-15,19-24H2. The Bertz CT molecular complexity index is 1750. The van der Waals surface area contributed by atoms with Gasteiger partial charge >= 0.3 is 0 Å². The molecular formula is C35H35ClN6O2. The summed E-state index contributed by atoms with van der Waals surface area (Å²) in [6.45, 7) is 3.22. The second-order valence-corrected chi connectivity index (χ2v) is 12.4. The van der Waals surface area contributed by atoms with E-state index >= 15 is 0 Å². The molecule has 3 aromatic heterocycles. The van der Waals surface area contributed by atoms with Gasteiger partial charge in [-0.05, 0) is 84.5 Å². The molecule has 224 valence electrons. The van der Waals surface area contributed by atoms with Gasteiger partial charge in [-0.1, -0.05) is 35.9 Å². The number of hydrogen-bond acceptors (Lipinski definition) is 6. The van der Waals surface area contributed by atoms with Crippen molar-refractivity contribution >= 4 is 28.8 Å². The molecule has 8 nitrogen and oxygen atoms in total. The van der Waals surface area contributed by atoms with Crippen LogP contribution in [0.25, 0.3) is 5.65 Å². The van der Waals surface area contributed by atoms with Crippen LogP contribution in [-0.2, 0) is 11.8 Å². The van der Waals surface area contributed by atoms with E-state index in [1.165, 1.54) is 5.56 Å². The molecule has 1 amide bonds. The number of fused-ring (bicyclic) bond motifs is 1. The lowest BCUT2D eigenvalue weighted by Crippen LogP contribution is -2.45. The summed E-state index contributed by atoms with van der Waals surface area (Å²) in [6.07, 6.45) is 8.78. The molecule has 5 aromatic rings. The number of aromatic nitrogens is 4. The quantitative estimate of drug-likeness (QED) is 0.262. The Hall–Kier alpha value is -4.27. The van der Waals surface area contributed by atoms with Crippen LogP contribution in [0.15, 0.2) is 91.4 Å². The second kappa shape index (κ2) is 12.0. The molecule has 44 heavy (non-hydrogen) atoms. The molecule has 5 heterocycles. The first-order chi connectivity index (χ1) is 21.5. The number of aliphatic hydroxyl groups is 1. The average molecular weight is 607 g/mol. The van der Waals surface area contributed by atoms with Crippen LogP contribution in [0.5, 0.6) is 0 Å². The summed E-state index contributed by atoms with van der Waals surface area (Å²) in [5, 5.41) is 15.9. The summed E-state index contributed by atoms with van der Waals surface area (Å²) in [5.41, 5.74) is 5.75. The fraction of sp³-hybridized carbons (Fsp3) is 0.314. The molecule has 2 fully saturated rings. The highest BCUT2D eigenvalue weighted by atomic mass is 35.5. The summed E-state index contributed by atoms with van der Waals surface area (Å²) in [6, 6.07) is 23.9. The summed E-state index contributed by atoms with van der Waals surface area (Å²) in [7, 11) is 0. The third kappa shape index (κ3) is 5.55. The maximum atomic E-state index is 13.2. The van der Waals surface area contributed by atoms with Gasteiger partial charge in [0, 0.05) is 73.1 Å². The van der Waals surface area contributed by atoms with Gasteiger partial charge in [-0.15, -0.1) is 0 Å². The molecule has 1 N–H and O–H groups in total. The molecule has 1 atom stereocenters. The minimum atomic E-state index is -0.269. The predicted molar refractivity (Wildman–Crippen MR) is 171 cm³/mol. The zero-order valence-corrected chi connectivity index (χ0v) is 25.3. The van der Waals surface area contributed by atoms with Crippen LogP contribution in [0.4, 0.5) is 5.69 Å². The van der Waals surface area contributed by atoms with Gasteiger partial charge in [-0.2, -0.15) is 5.10 Å². The number of hydrogen-bond donors (Lipinski definition) is 1. The highest BCUT2D eigenvalue weighted by Crippen LogP contribution is 2.38. The van der Waals surface area contributed by atoms with Crippen LogP contribution in [0, 0.1) is 0 Å². The van der Waals surface area contributed by atoms with Crippen LogP contribution in [0.3, 0.4) is 0 Å². The normalized spacial score (nSPS) is 18.2. The van der Waals surface area contributed by atoms with Crippen LogP contribution in [0.2, 0.25) is 5.02 Å². The van der Waals surface area contributed by atoms with Crippen LogP contribution < -0.4 is 4.90 Å². The molecule has 0 saturated carbocycles. The Morgan fingerprint density at radius 3 is 2.43 bits per heavy atom. The smallest absolute Gasteiger partial charge is 0.253 e. The molecule has 2 aliphatic rings. The van der Waals surface area contributed by atoms with Crippen molar-refractivity contribution in [2.24, 2.45) is 0 Å². The monoisotopic (exact) mass is 606 g/mol. The number of anilines is 1. The van der Waals surface area contributed by atoms with E-state index in [2.05, 4.69) is 16.0 Å². The summed E-state index contributed by atoms with van der Waals surface area (Å²) in [5.74, 6) is 1.17. The number of likely N-dealkylation sites (tertiary alicyclic amines) is 1. The number of amides is 1. The molecule has 2 aromatic carbocycles. The van der Waals surface area contributed by atoms with Crippen LogP contribution >= 0.6 is 11.6 Å². The summed E-state index contributed by atoms with van der Waals surface area (Å²) >= 11 is 6.11. The van der Waals surface area contributed by atoms with E-state index in [9.17, 15) is 9.90 Å². The zero-order chi connectivity index (χ0) is 30.1. The Morgan fingerprint density at radius 1 is 0.955 bits per heavy atom. The lowest BCUT2D eigenvalue weighted by Gasteiger charge is -2.42. The average Bonchev–Trinajstić information content (AvgIpc) is 3.73. The number of halogens is 1. The number of benzene rings is 2. The van der Waals surface area contributed by atoms with Gasteiger partial charge in [0.1, 0.15) is 0 Å². The SMILES string of the molecule is O=C(c1ccc(Cc2nc3c(N4CCC(CO)(c5ccc(Cl)cc5)CC4)cccn3n2)cc1)N1CCC(c2ccncc2)C1. The van der Waals surface area contributed by atoms with E-state index < -0.39 is 0 Å². The summed E-state index contributed by atoms with van der Waals surface area (Å²) < 4.78 is 1.85. The number of nitrogens with zero attached hydrogens (tertiary/aromatic N) is 6. The third-order valence-electron chi connectivity index (χ3n) is 9.42. The maximum absolute atomic E-state index is 13.2. The number of carbonyl (C=O) groups excluding carboxylic acids is 1.